The highest BCUT2D eigenvalue weighted by atomic mass is 16.4. The molecular weight excluding hydrogens is 336 g/mol. The highest BCUT2D eigenvalue weighted by Gasteiger charge is 2.61. The summed E-state index contributed by atoms with van der Waals surface area (Å²) in [7, 11) is 0. The van der Waals surface area contributed by atoms with Gasteiger partial charge in [-0.3, -0.25) is 4.79 Å². The maximum atomic E-state index is 11.0. The van der Waals surface area contributed by atoms with Crippen molar-refractivity contribution in [3.63, 3.8) is 0 Å². The third-order valence-corrected chi connectivity index (χ3v) is 10.3. The van der Waals surface area contributed by atoms with Gasteiger partial charge in [0.05, 0.1) is 6.10 Å². The van der Waals surface area contributed by atoms with Crippen molar-refractivity contribution in [1.29, 1.82) is 0 Å². The minimum atomic E-state index is -0.650. The molecule has 2 N–H and O–H groups in total. The normalized spacial score (nSPS) is 50.4. The van der Waals surface area contributed by atoms with Crippen LogP contribution in [0.3, 0.4) is 0 Å². The first-order valence-corrected chi connectivity index (χ1v) is 11.7. The van der Waals surface area contributed by atoms with E-state index in [0.29, 0.717) is 29.6 Å². The molecule has 154 valence electrons. The minimum Gasteiger partial charge on any atom is -0.481 e. The molecule has 0 heterocycles. The number of hydrogen-bond donors (Lipinski definition) is 2. The van der Waals surface area contributed by atoms with Crippen molar-refractivity contribution >= 4 is 5.97 Å². The van der Waals surface area contributed by atoms with Crippen molar-refractivity contribution in [2.45, 2.75) is 97.5 Å². The fourth-order valence-corrected chi connectivity index (χ4v) is 8.84. The summed E-state index contributed by atoms with van der Waals surface area (Å²) in [5, 5.41) is 20.1. The lowest BCUT2D eigenvalue weighted by Gasteiger charge is -2.62. The van der Waals surface area contributed by atoms with Crippen molar-refractivity contribution < 1.29 is 15.0 Å². The molecule has 0 saturated heterocycles. The Balaban J connectivity index is 1.54. The van der Waals surface area contributed by atoms with E-state index in [0.717, 1.165) is 30.6 Å². The van der Waals surface area contributed by atoms with E-state index in [2.05, 4.69) is 20.8 Å². The number of carbonyl (C=O) groups is 1. The Bertz CT molecular complexity index is 574. The predicted molar refractivity (Wildman–Crippen MR) is 107 cm³/mol. The molecule has 4 rings (SSSR count). The number of hydrogen-bond acceptors (Lipinski definition) is 2. The van der Waals surface area contributed by atoms with E-state index < -0.39 is 5.97 Å². The van der Waals surface area contributed by atoms with Crippen LogP contribution in [0.25, 0.3) is 0 Å². The summed E-state index contributed by atoms with van der Waals surface area (Å²) < 4.78 is 0. The van der Waals surface area contributed by atoms with E-state index in [1.54, 1.807) is 0 Å². The maximum absolute atomic E-state index is 11.0. The van der Waals surface area contributed by atoms with Gasteiger partial charge in [0.25, 0.3) is 0 Å². The van der Waals surface area contributed by atoms with Crippen LogP contribution in [0, 0.1) is 46.3 Å². The summed E-state index contributed by atoms with van der Waals surface area (Å²) in [5.41, 5.74) is 0.539. The second kappa shape index (κ2) is 7.04. The Labute approximate surface area is 165 Å². The second-order valence-electron chi connectivity index (χ2n) is 11.1. The van der Waals surface area contributed by atoms with Gasteiger partial charge >= 0.3 is 5.97 Å². The molecule has 0 spiro atoms. The average molecular weight is 377 g/mol. The van der Waals surface area contributed by atoms with Crippen molar-refractivity contribution in [2.75, 3.05) is 0 Å². The van der Waals surface area contributed by atoms with E-state index in [9.17, 15) is 9.90 Å². The topological polar surface area (TPSA) is 57.5 Å². The second-order valence-corrected chi connectivity index (χ2v) is 11.1. The quantitative estimate of drug-likeness (QED) is 0.680. The third kappa shape index (κ3) is 2.98. The molecule has 0 amide bonds. The zero-order valence-electron chi connectivity index (χ0n) is 17.6. The van der Waals surface area contributed by atoms with Gasteiger partial charge in [0.15, 0.2) is 0 Å². The first-order valence-electron chi connectivity index (χ1n) is 11.7. The number of aliphatic hydroxyl groups excluding tert-OH is 1. The molecule has 0 aromatic carbocycles. The third-order valence-electron chi connectivity index (χ3n) is 10.3. The highest BCUT2D eigenvalue weighted by Crippen LogP contribution is 2.68. The molecule has 27 heavy (non-hydrogen) atoms. The fraction of sp³-hybridized carbons (Fsp3) is 0.958. The molecular formula is C24H40O3. The van der Waals surface area contributed by atoms with Crippen LogP contribution in [0.15, 0.2) is 0 Å². The molecule has 3 nitrogen and oxygen atoms in total. The standard InChI is InChI=1S/C24H40O3/c1-15(7-12-22(26)27)18-10-11-19-17-9-8-16-5-4-6-21(25)24(16,3)20(17)13-14-23(18,19)2/h15-21,25H,4-14H2,1-3H3,(H,26,27)/t15-,16?,17+,18-,19+,20+,21?,23-,24+/m1/s1. The predicted octanol–water partition coefficient (Wildman–Crippen LogP) is 5.51. The Morgan fingerprint density at radius 1 is 1.04 bits per heavy atom. The van der Waals surface area contributed by atoms with E-state index in [1.807, 2.05) is 0 Å². The summed E-state index contributed by atoms with van der Waals surface area (Å²) in [5.74, 6) is 3.57. The van der Waals surface area contributed by atoms with Gasteiger partial charge in [0.1, 0.15) is 0 Å². The number of carboxylic acid groups (broad SMARTS) is 1. The largest absolute Gasteiger partial charge is 0.481 e. The lowest BCUT2D eigenvalue weighted by Crippen LogP contribution is -2.57. The molecule has 0 aromatic rings. The Kier molecular flexibility index (Phi) is 5.15. The molecule has 4 fully saturated rings. The lowest BCUT2D eigenvalue weighted by molar-refractivity contribution is -0.164. The van der Waals surface area contributed by atoms with Crippen molar-refractivity contribution in [3.05, 3.63) is 0 Å². The Hall–Kier alpha value is -0.570. The van der Waals surface area contributed by atoms with Gasteiger partial charge in [-0.25, -0.2) is 0 Å². The first-order chi connectivity index (χ1) is 12.8. The SMILES string of the molecule is C[C@H](CCC(=O)O)[C@H]1CC[C@H]2[C@@H]3CCC4CCCC(O)[C@]4(C)[C@H]3CC[C@]12C. The van der Waals surface area contributed by atoms with Gasteiger partial charge < -0.3 is 10.2 Å². The van der Waals surface area contributed by atoms with E-state index in [1.165, 1.54) is 51.4 Å². The number of aliphatic carboxylic acids is 1. The summed E-state index contributed by atoms with van der Waals surface area (Å²) in [6.45, 7) is 7.27. The average Bonchev–Trinajstić information content (AvgIpc) is 2.98. The summed E-state index contributed by atoms with van der Waals surface area (Å²) in [4.78, 5) is 11.0. The molecule has 0 aromatic heterocycles. The molecule has 4 saturated carbocycles. The summed E-state index contributed by atoms with van der Waals surface area (Å²) >= 11 is 0. The van der Waals surface area contributed by atoms with Crippen molar-refractivity contribution in [2.24, 2.45) is 46.3 Å². The van der Waals surface area contributed by atoms with Gasteiger partial charge in [0.2, 0.25) is 0 Å². The highest BCUT2D eigenvalue weighted by molar-refractivity contribution is 5.66. The summed E-state index contributed by atoms with van der Waals surface area (Å²) in [6.07, 6.45) is 12.5. The van der Waals surface area contributed by atoms with Crippen LogP contribution in [0.2, 0.25) is 0 Å². The number of rotatable bonds is 4. The molecule has 2 unspecified atom stereocenters. The van der Waals surface area contributed by atoms with Crippen molar-refractivity contribution in [1.82, 2.24) is 0 Å². The monoisotopic (exact) mass is 376 g/mol. The van der Waals surface area contributed by atoms with Crippen LogP contribution in [0.5, 0.6) is 0 Å². The van der Waals surface area contributed by atoms with Gasteiger partial charge in [0, 0.05) is 6.42 Å². The smallest absolute Gasteiger partial charge is 0.303 e. The van der Waals surface area contributed by atoms with Crippen LogP contribution in [0.1, 0.15) is 91.4 Å². The van der Waals surface area contributed by atoms with E-state index >= 15 is 0 Å². The zero-order valence-corrected chi connectivity index (χ0v) is 17.6. The lowest BCUT2D eigenvalue weighted by atomic mass is 9.44. The van der Waals surface area contributed by atoms with Crippen LogP contribution >= 0.6 is 0 Å². The molecule has 4 aliphatic carbocycles. The molecule has 0 radical (unpaired) electrons. The number of carboxylic acids is 1. The van der Waals surface area contributed by atoms with Gasteiger partial charge in [-0.2, -0.15) is 0 Å². The van der Waals surface area contributed by atoms with Crippen LogP contribution in [-0.2, 0) is 4.79 Å². The molecule has 0 bridgehead atoms. The van der Waals surface area contributed by atoms with Gasteiger partial charge in [-0.15, -0.1) is 0 Å². The molecule has 9 atom stereocenters. The van der Waals surface area contributed by atoms with Crippen LogP contribution in [0.4, 0.5) is 0 Å². The maximum Gasteiger partial charge on any atom is 0.303 e. The molecule has 0 aliphatic heterocycles. The van der Waals surface area contributed by atoms with Crippen LogP contribution in [-0.4, -0.2) is 22.3 Å². The Morgan fingerprint density at radius 2 is 1.81 bits per heavy atom. The molecule has 3 heteroatoms. The zero-order chi connectivity index (χ0) is 19.4. The Morgan fingerprint density at radius 3 is 2.56 bits per heavy atom. The summed E-state index contributed by atoms with van der Waals surface area (Å²) in [6, 6.07) is 0. The number of fused-ring (bicyclic) bond motifs is 5. The van der Waals surface area contributed by atoms with Crippen molar-refractivity contribution in [3.8, 4) is 0 Å². The van der Waals surface area contributed by atoms with Crippen LogP contribution < -0.4 is 0 Å². The van der Waals surface area contributed by atoms with E-state index in [4.69, 9.17) is 5.11 Å². The minimum absolute atomic E-state index is 0.0971. The van der Waals surface area contributed by atoms with Gasteiger partial charge in [-0.05, 0) is 104 Å². The van der Waals surface area contributed by atoms with E-state index in [-0.39, 0.29) is 11.5 Å². The van der Waals surface area contributed by atoms with Gasteiger partial charge in [-0.1, -0.05) is 27.2 Å². The first kappa shape index (κ1) is 19.7. The fourth-order valence-electron chi connectivity index (χ4n) is 8.84. The number of aliphatic hydroxyl groups is 1. The molecule has 4 aliphatic rings.